The summed E-state index contributed by atoms with van der Waals surface area (Å²) in [5.74, 6) is 2.02. The van der Waals surface area contributed by atoms with Crippen LogP contribution in [0.5, 0.6) is 11.5 Å². The summed E-state index contributed by atoms with van der Waals surface area (Å²) in [6.07, 6.45) is 12.3. The Morgan fingerprint density at radius 1 is 1.08 bits per heavy atom. The van der Waals surface area contributed by atoms with Crippen LogP contribution in [0.15, 0.2) is 42.7 Å². The minimum absolute atomic E-state index is 0.0795. The van der Waals surface area contributed by atoms with Gasteiger partial charge in [-0.2, -0.15) is 0 Å². The maximum atomic E-state index is 13.6. The average Bonchev–Trinajstić information content (AvgIpc) is 3.11. The van der Waals surface area contributed by atoms with Gasteiger partial charge in [0.2, 0.25) is 0 Å². The fraction of sp³-hybridized carbons (Fsp3) is 0.500. The standard InChI is InChI=1S/C22H23N3O4.C8H16/c1-14(26)22(2)13-24-17(21(27)25(22)12-15-6-5-9-23-11-15)10-16-18(28-3)7-8-19(29-4)20(16)24;1-8-6-4-2-3-5-7-8/h5-11H,12-13H2,1-4H3;8H,2-7H2,1H3. The number of rotatable bonds is 5. The number of ether oxygens (including phenoxy) is 2. The largest absolute Gasteiger partial charge is 0.496 e. The lowest BCUT2D eigenvalue weighted by Gasteiger charge is -2.43. The van der Waals surface area contributed by atoms with Crippen molar-refractivity contribution in [2.24, 2.45) is 5.92 Å². The molecule has 2 aliphatic rings. The van der Waals surface area contributed by atoms with Crippen LogP contribution in [0, 0.1) is 5.92 Å². The van der Waals surface area contributed by atoms with Crippen LogP contribution in [0.1, 0.15) is 75.3 Å². The van der Waals surface area contributed by atoms with Gasteiger partial charge in [0.1, 0.15) is 22.7 Å². The van der Waals surface area contributed by atoms with Crippen LogP contribution in [0.25, 0.3) is 10.9 Å². The summed E-state index contributed by atoms with van der Waals surface area (Å²) in [6, 6.07) is 9.16. The first-order valence-electron chi connectivity index (χ1n) is 13.3. The minimum Gasteiger partial charge on any atom is -0.496 e. The van der Waals surface area contributed by atoms with Gasteiger partial charge in [-0.15, -0.1) is 0 Å². The second kappa shape index (κ2) is 11.4. The Bertz CT molecular complexity index is 1240. The number of Topliss-reactive ketones (excluding diaryl/α,β-unsaturated/α-hetero) is 1. The second-order valence-electron chi connectivity index (χ2n) is 10.5. The lowest BCUT2D eigenvalue weighted by molar-refractivity contribution is -0.128. The number of pyridine rings is 1. The number of methoxy groups -OCH3 is 2. The Kier molecular flexibility index (Phi) is 8.20. The number of hydrogen-bond acceptors (Lipinski definition) is 5. The molecular formula is C30H39N3O4. The number of aromatic nitrogens is 2. The van der Waals surface area contributed by atoms with Crippen LogP contribution in [0.4, 0.5) is 0 Å². The molecule has 0 N–H and O–H groups in total. The van der Waals surface area contributed by atoms with E-state index in [1.165, 1.54) is 45.4 Å². The van der Waals surface area contributed by atoms with Crippen molar-refractivity contribution in [3.8, 4) is 11.5 Å². The first-order valence-corrected chi connectivity index (χ1v) is 13.3. The molecule has 0 saturated heterocycles. The highest BCUT2D eigenvalue weighted by atomic mass is 16.5. The van der Waals surface area contributed by atoms with Crippen molar-refractivity contribution in [2.75, 3.05) is 14.2 Å². The Morgan fingerprint density at radius 3 is 2.35 bits per heavy atom. The molecule has 1 aliphatic carbocycles. The summed E-state index contributed by atoms with van der Waals surface area (Å²) in [4.78, 5) is 32.1. The molecule has 7 nitrogen and oxygen atoms in total. The van der Waals surface area contributed by atoms with E-state index in [2.05, 4.69) is 11.9 Å². The van der Waals surface area contributed by atoms with Crippen LogP contribution in [-0.4, -0.2) is 45.9 Å². The normalized spacial score (nSPS) is 20.0. The van der Waals surface area contributed by atoms with Gasteiger partial charge in [0.15, 0.2) is 5.78 Å². The smallest absolute Gasteiger partial charge is 0.271 e. The van der Waals surface area contributed by atoms with E-state index in [9.17, 15) is 9.59 Å². The van der Waals surface area contributed by atoms with Crippen LogP contribution in [0.2, 0.25) is 0 Å². The van der Waals surface area contributed by atoms with Crippen LogP contribution in [-0.2, 0) is 17.9 Å². The summed E-state index contributed by atoms with van der Waals surface area (Å²) >= 11 is 0. The molecule has 3 heterocycles. The molecule has 0 bridgehead atoms. The third-order valence-corrected chi connectivity index (χ3v) is 7.91. The number of carbonyl (C=O) groups is 2. The molecule has 1 aromatic carbocycles. The fourth-order valence-corrected chi connectivity index (χ4v) is 5.47. The van der Waals surface area contributed by atoms with Crippen molar-refractivity contribution in [3.63, 3.8) is 0 Å². The molecule has 0 spiro atoms. The molecule has 0 radical (unpaired) electrons. The van der Waals surface area contributed by atoms with Crippen molar-refractivity contribution in [1.29, 1.82) is 0 Å². The number of hydrogen-bond donors (Lipinski definition) is 0. The van der Waals surface area contributed by atoms with Crippen molar-refractivity contribution >= 4 is 22.6 Å². The van der Waals surface area contributed by atoms with Crippen LogP contribution >= 0.6 is 0 Å². The van der Waals surface area contributed by atoms with E-state index in [1.54, 1.807) is 31.5 Å². The van der Waals surface area contributed by atoms with E-state index in [4.69, 9.17) is 9.47 Å². The third-order valence-electron chi connectivity index (χ3n) is 7.91. The number of nitrogens with zero attached hydrogens (tertiary/aromatic N) is 3. The molecule has 1 atom stereocenters. The fourth-order valence-electron chi connectivity index (χ4n) is 5.47. The maximum absolute atomic E-state index is 13.6. The monoisotopic (exact) mass is 505 g/mol. The lowest BCUT2D eigenvalue weighted by Crippen LogP contribution is -2.59. The van der Waals surface area contributed by atoms with Gasteiger partial charge < -0.3 is 18.9 Å². The zero-order chi connectivity index (χ0) is 26.6. The van der Waals surface area contributed by atoms with Gasteiger partial charge in [-0.1, -0.05) is 51.5 Å². The molecule has 2 aromatic heterocycles. The highest BCUT2D eigenvalue weighted by molar-refractivity contribution is 6.05. The number of benzene rings is 1. The highest BCUT2D eigenvalue weighted by Gasteiger charge is 2.46. The quantitative estimate of drug-likeness (QED) is 0.396. The topological polar surface area (TPSA) is 73.7 Å². The van der Waals surface area contributed by atoms with Crippen molar-refractivity contribution in [3.05, 3.63) is 54.0 Å². The predicted octanol–water partition coefficient (Wildman–Crippen LogP) is 6.03. The van der Waals surface area contributed by atoms with Gasteiger partial charge in [0.25, 0.3) is 5.91 Å². The Hall–Kier alpha value is -3.35. The highest BCUT2D eigenvalue weighted by Crippen LogP contribution is 2.40. The summed E-state index contributed by atoms with van der Waals surface area (Å²) in [5.41, 5.74) is 1.13. The second-order valence-corrected chi connectivity index (χ2v) is 10.5. The molecule has 1 unspecified atom stereocenters. The van der Waals surface area contributed by atoms with E-state index in [1.807, 2.05) is 41.8 Å². The van der Waals surface area contributed by atoms with E-state index < -0.39 is 5.54 Å². The first kappa shape index (κ1) is 26.7. The first-order chi connectivity index (χ1) is 17.8. The number of carbonyl (C=O) groups excluding carboxylic acids is 2. The Labute approximate surface area is 219 Å². The number of amides is 1. The molecule has 198 valence electrons. The van der Waals surface area contributed by atoms with Gasteiger partial charge in [0, 0.05) is 24.3 Å². The Balaban J connectivity index is 0.000000342. The summed E-state index contributed by atoms with van der Waals surface area (Å²) in [6.45, 7) is 6.35. The molecule has 1 aliphatic heterocycles. The van der Waals surface area contributed by atoms with Gasteiger partial charge in [0.05, 0.1) is 26.3 Å². The Morgan fingerprint density at radius 2 is 1.76 bits per heavy atom. The predicted molar refractivity (Wildman–Crippen MR) is 145 cm³/mol. The van der Waals surface area contributed by atoms with Crippen LogP contribution < -0.4 is 9.47 Å². The average molecular weight is 506 g/mol. The van der Waals surface area contributed by atoms with E-state index in [-0.39, 0.29) is 11.7 Å². The van der Waals surface area contributed by atoms with Crippen molar-refractivity contribution < 1.29 is 19.1 Å². The minimum atomic E-state index is -1.00. The lowest BCUT2D eigenvalue weighted by atomic mass is 9.91. The zero-order valence-electron chi connectivity index (χ0n) is 22.8. The van der Waals surface area contributed by atoms with E-state index in [0.717, 1.165) is 22.4 Å². The zero-order valence-corrected chi connectivity index (χ0v) is 22.8. The number of ketones is 1. The molecule has 7 heteroatoms. The maximum Gasteiger partial charge on any atom is 0.271 e. The molecule has 1 fully saturated rings. The molecule has 3 aromatic rings. The molecule has 37 heavy (non-hydrogen) atoms. The SMILES string of the molecule is CC1CCCCCC1.COc1ccc(OC)c2c1cc1n2CC(C)(C(C)=O)N(Cc2cccnc2)C1=O. The summed E-state index contributed by atoms with van der Waals surface area (Å²) < 4.78 is 12.9. The third kappa shape index (κ3) is 5.36. The molecular weight excluding hydrogens is 466 g/mol. The van der Waals surface area contributed by atoms with Gasteiger partial charge in [-0.25, -0.2) is 0 Å². The summed E-state index contributed by atoms with van der Waals surface area (Å²) in [5, 5.41) is 0.782. The molecule has 1 saturated carbocycles. The summed E-state index contributed by atoms with van der Waals surface area (Å²) in [7, 11) is 3.18. The van der Waals surface area contributed by atoms with E-state index in [0.29, 0.717) is 30.3 Å². The molecule has 5 rings (SSSR count). The van der Waals surface area contributed by atoms with Crippen LogP contribution in [0.3, 0.4) is 0 Å². The van der Waals surface area contributed by atoms with Gasteiger partial charge in [-0.05, 0) is 49.6 Å². The van der Waals surface area contributed by atoms with Gasteiger partial charge in [-0.3, -0.25) is 14.6 Å². The van der Waals surface area contributed by atoms with Crippen molar-refractivity contribution in [2.45, 2.75) is 77.9 Å². The van der Waals surface area contributed by atoms with E-state index >= 15 is 0 Å². The van der Waals surface area contributed by atoms with Gasteiger partial charge >= 0.3 is 0 Å². The molecule has 1 amide bonds. The van der Waals surface area contributed by atoms with Crippen molar-refractivity contribution in [1.82, 2.24) is 14.5 Å². The number of fused-ring (bicyclic) bond motifs is 3.